The Morgan fingerprint density at radius 1 is 1.20 bits per heavy atom. The summed E-state index contributed by atoms with van der Waals surface area (Å²) in [4.78, 5) is 21.8. The van der Waals surface area contributed by atoms with Gasteiger partial charge in [-0.3, -0.25) is 9.69 Å². The number of halogens is 2. The zero-order valence-corrected chi connectivity index (χ0v) is 19.6. The molecule has 1 aromatic carbocycles. The summed E-state index contributed by atoms with van der Waals surface area (Å²) in [7, 11) is 1.45. The Kier molecular flexibility index (Phi) is 6.12. The summed E-state index contributed by atoms with van der Waals surface area (Å²) in [6.07, 6.45) is 1.72. The molecule has 35 heavy (non-hydrogen) atoms. The highest BCUT2D eigenvalue weighted by atomic mass is 19.1. The van der Waals surface area contributed by atoms with Crippen LogP contribution < -0.4 is 10.5 Å². The SMILES string of the molecule is CO/N=C1\CC2(CCN(C(=O)C3(F)CCN(Cc4cc(N)no4)CC3)CC2)Oc2ccc(F)cc21. The minimum absolute atomic E-state index is 0.122. The second kappa shape index (κ2) is 9.10. The van der Waals surface area contributed by atoms with Crippen LogP contribution in [-0.4, -0.2) is 71.1 Å². The van der Waals surface area contributed by atoms with Gasteiger partial charge >= 0.3 is 0 Å². The number of nitrogens with zero attached hydrogens (tertiary/aromatic N) is 4. The number of fused-ring (bicyclic) bond motifs is 1. The second-order valence-corrected chi connectivity index (χ2v) is 9.57. The molecule has 2 aromatic rings. The summed E-state index contributed by atoms with van der Waals surface area (Å²) >= 11 is 0. The van der Waals surface area contributed by atoms with Crippen molar-refractivity contribution in [2.45, 2.75) is 49.9 Å². The third-order valence-corrected chi connectivity index (χ3v) is 7.22. The van der Waals surface area contributed by atoms with Gasteiger partial charge in [-0.05, 0) is 18.2 Å². The molecule has 1 amide bonds. The predicted molar refractivity (Wildman–Crippen MR) is 123 cm³/mol. The van der Waals surface area contributed by atoms with Crippen LogP contribution >= 0.6 is 0 Å². The standard InChI is InChI=1S/C24H29F2N5O4/c1-33-28-19-14-23(34-20-3-2-16(25)12-18(19)20)4-10-31(11-5-23)22(32)24(26)6-8-30(9-7-24)15-17-13-21(27)29-35-17/h2-3,12-13H,4-11,14-15H2,1H3,(H2,27,29)/b28-19+. The zero-order valence-electron chi connectivity index (χ0n) is 19.6. The molecule has 0 unspecified atom stereocenters. The van der Waals surface area contributed by atoms with Crippen molar-refractivity contribution in [3.8, 4) is 5.75 Å². The predicted octanol–water partition coefficient (Wildman–Crippen LogP) is 2.89. The smallest absolute Gasteiger partial charge is 0.260 e. The molecular formula is C24H29F2N5O4. The third-order valence-electron chi connectivity index (χ3n) is 7.22. The number of piperidine rings is 2. The van der Waals surface area contributed by atoms with Gasteiger partial charge in [0.25, 0.3) is 5.91 Å². The van der Waals surface area contributed by atoms with Crippen molar-refractivity contribution in [2.24, 2.45) is 5.16 Å². The average Bonchev–Trinajstić information content (AvgIpc) is 3.26. The minimum atomic E-state index is -1.89. The minimum Gasteiger partial charge on any atom is -0.486 e. The Hall–Kier alpha value is -3.21. The third kappa shape index (κ3) is 4.69. The van der Waals surface area contributed by atoms with Crippen molar-refractivity contribution >= 4 is 17.4 Å². The van der Waals surface area contributed by atoms with E-state index in [9.17, 15) is 9.18 Å². The molecule has 9 nitrogen and oxygen atoms in total. The van der Waals surface area contributed by atoms with Gasteiger partial charge < -0.3 is 24.7 Å². The Bertz CT molecular complexity index is 1120. The molecular weight excluding hydrogens is 460 g/mol. The lowest BCUT2D eigenvalue weighted by molar-refractivity contribution is -0.151. The number of carbonyl (C=O) groups excluding carboxylic acids is 1. The van der Waals surface area contributed by atoms with Crippen LogP contribution in [0.5, 0.6) is 5.75 Å². The Morgan fingerprint density at radius 2 is 1.94 bits per heavy atom. The lowest BCUT2D eigenvalue weighted by Gasteiger charge is -2.46. The first-order valence-corrected chi connectivity index (χ1v) is 11.8. The first-order valence-electron chi connectivity index (χ1n) is 11.8. The molecule has 0 atom stereocenters. The molecule has 188 valence electrons. The number of alkyl halides is 1. The highest BCUT2D eigenvalue weighted by Crippen LogP contribution is 2.41. The molecule has 1 aromatic heterocycles. The number of hydrogen-bond acceptors (Lipinski definition) is 8. The topological polar surface area (TPSA) is 106 Å². The van der Waals surface area contributed by atoms with E-state index in [4.69, 9.17) is 19.8 Å². The zero-order chi connectivity index (χ0) is 24.6. The van der Waals surface area contributed by atoms with Crippen molar-refractivity contribution < 1.29 is 27.7 Å². The maximum atomic E-state index is 15.7. The Balaban J connectivity index is 1.20. The molecule has 4 heterocycles. The van der Waals surface area contributed by atoms with E-state index >= 15 is 4.39 Å². The second-order valence-electron chi connectivity index (χ2n) is 9.57. The van der Waals surface area contributed by atoms with Crippen molar-refractivity contribution in [3.63, 3.8) is 0 Å². The van der Waals surface area contributed by atoms with Crippen LogP contribution in [0.25, 0.3) is 0 Å². The fourth-order valence-electron chi connectivity index (χ4n) is 5.26. The average molecular weight is 490 g/mol. The van der Waals surface area contributed by atoms with Gasteiger partial charge in [-0.25, -0.2) is 8.78 Å². The normalized spacial score (nSPS) is 22.6. The quantitative estimate of drug-likeness (QED) is 0.658. The number of carbonyl (C=O) groups is 1. The van der Waals surface area contributed by atoms with Crippen LogP contribution in [0.2, 0.25) is 0 Å². The Morgan fingerprint density at radius 3 is 2.60 bits per heavy atom. The number of nitrogens with two attached hydrogens (primary N) is 1. The summed E-state index contributed by atoms with van der Waals surface area (Å²) in [5.74, 6) is 0.635. The molecule has 3 aliphatic heterocycles. The number of oxime groups is 1. The van der Waals surface area contributed by atoms with Crippen LogP contribution in [-0.2, 0) is 16.2 Å². The number of benzene rings is 1. The summed E-state index contributed by atoms with van der Waals surface area (Å²) < 4.78 is 40.9. The van der Waals surface area contributed by atoms with Gasteiger partial charge in [-0.1, -0.05) is 10.3 Å². The lowest BCUT2D eigenvalue weighted by atomic mass is 9.81. The molecule has 5 rings (SSSR count). The van der Waals surface area contributed by atoms with E-state index in [0.717, 1.165) is 0 Å². The number of likely N-dealkylation sites (tertiary alicyclic amines) is 2. The first-order chi connectivity index (χ1) is 16.8. The van der Waals surface area contributed by atoms with Crippen LogP contribution in [0.15, 0.2) is 33.9 Å². The van der Waals surface area contributed by atoms with E-state index in [2.05, 4.69) is 10.3 Å². The maximum absolute atomic E-state index is 15.7. The summed E-state index contributed by atoms with van der Waals surface area (Å²) in [6, 6.07) is 5.97. The molecule has 1 spiro atoms. The summed E-state index contributed by atoms with van der Waals surface area (Å²) in [5.41, 5.74) is 4.28. The van der Waals surface area contributed by atoms with Crippen molar-refractivity contribution in [3.05, 3.63) is 41.4 Å². The van der Waals surface area contributed by atoms with Crippen LogP contribution in [0, 0.1) is 5.82 Å². The fourth-order valence-corrected chi connectivity index (χ4v) is 5.26. The summed E-state index contributed by atoms with van der Waals surface area (Å²) in [5, 5.41) is 7.77. The highest BCUT2D eigenvalue weighted by molar-refractivity contribution is 6.04. The molecule has 2 saturated heterocycles. The molecule has 0 bridgehead atoms. The van der Waals surface area contributed by atoms with Gasteiger partial charge in [0.15, 0.2) is 17.2 Å². The van der Waals surface area contributed by atoms with Crippen LogP contribution in [0.4, 0.5) is 14.6 Å². The first kappa shape index (κ1) is 23.5. The molecule has 0 saturated carbocycles. The number of hydrogen-bond donors (Lipinski definition) is 1. The molecule has 2 N–H and O–H groups in total. The molecule has 0 radical (unpaired) electrons. The van der Waals surface area contributed by atoms with E-state index < -0.39 is 17.2 Å². The molecule has 11 heteroatoms. The van der Waals surface area contributed by atoms with Gasteiger partial charge in [0.2, 0.25) is 0 Å². The number of rotatable bonds is 4. The maximum Gasteiger partial charge on any atom is 0.260 e. The van der Waals surface area contributed by atoms with Gasteiger partial charge in [0.05, 0.1) is 12.3 Å². The van der Waals surface area contributed by atoms with E-state index in [1.54, 1.807) is 17.0 Å². The number of amides is 1. The van der Waals surface area contributed by atoms with Gasteiger partial charge in [0.1, 0.15) is 24.3 Å². The Labute approximate surface area is 201 Å². The molecule has 0 aliphatic carbocycles. The molecule has 2 fully saturated rings. The fraction of sp³-hybridized carbons (Fsp3) is 0.542. The van der Waals surface area contributed by atoms with Crippen LogP contribution in [0.1, 0.15) is 43.4 Å². The number of nitrogen functional groups attached to an aromatic ring is 1. The van der Waals surface area contributed by atoms with E-state index in [-0.39, 0.29) is 18.7 Å². The van der Waals surface area contributed by atoms with Gasteiger partial charge in [-0.2, -0.15) is 0 Å². The largest absolute Gasteiger partial charge is 0.486 e. The van der Waals surface area contributed by atoms with Crippen molar-refractivity contribution in [1.29, 1.82) is 0 Å². The van der Waals surface area contributed by atoms with Gasteiger partial charge in [0, 0.05) is 69.9 Å². The van der Waals surface area contributed by atoms with Crippen molar-refractivity contribution in [1.82, 2.24) is 15.0 Å². The number of aromatic nitrogens is 1. The van der Waals surface area contributed by atoms with Gasteiger partial charge in [-0.15, -0.1) is 0 Å². The number of anilines is 1. The highest BCUT2D eigenvalue weighted by Gasteiger charge is 2.48. The van der Waals surface area contributed by atoms with E-state index in [1.807, 2.05) is 4.90 Å². The monoisotopic (exact) mass is 489 g/mol. The van der Waals surface area contributed by atoms with Crippen LogP contribution in [0.3, 0.4) is 0 Å². The van der Waals surface area contributed by atoms with E-state index in [1.165, 1.54) is 19.2 Å². The summed E-state index contributed by atoms with van der Waals surface area (Å²) in [6.45, 7) is 2.11. The lowest BCUT2D eigenvalue weighted by Crippen LogP contribution is -2.57. The van der Waals surface area contributed by atoms with E-state index in [0.29, 0.717) is 80.6 Å². The number of ether oxygens (including phenoxy) is 1. The molecule has 3 aliphatic rings. The van der Waals surface area contributed by atoms with Crippen molar-refractivity contribution in [2.75, 3.05) is 39.0 Å².